The summed E-state index contributed by atoms with van der Waals surface area (Å²) in [6.07, 6.45) is 1.01. The minimum absolute atomic E-state index is 0.590. The number of nitrogens with two attached hydrogens (primary N) is 1. The van der Waals surface area contributed by atoms with Gasteiger partial charge >= 0.3 is 0 Å². The number of hydrogen-bond acceptors (Lipinski definition) is 5. The SMILES string of the molecule is COc1cccc(N)c1-c1nnnn1CCC(C)C. The molecule has 0 unspecified atom stereocenters. The molecule has 0 aliphatic heterocycles. The number of rotatable bonds is 5. The van der Waals surface area contributed by atoms with Gasteiger partial charge in [0, 0.05) is 12.2 Å². The zero-order valence-corrected chi connectivity index (χ0v) is 11.5. The molecule has 0 fully saturated rings. The fourth-order valence-corrected chi connectivity index (χ4v) is 1.87. The zero-order valence-electron chi connectivity index (χ0n) is 11.5. The Kier molecular flexibility index (Phi) is 3.99. The van der Waals surface area contributed by atoms with E-state index in [0.717, 1.165) is 18.5 Å². The number of methoxy groups -OCH3 is 1. The average Bonchev–Trinajstić information content (AvgIpc) is 2.83. The van der Waals surface area contributed by atoms with Crippen molar-refractivity contribution in [2.75, 3.05) is 12.8 Å². The highest BCUT2D eigenvalue weighted by Crippen LogP contribution is 2.33. The summed E-state index contributed by atoms with van der Waals surface area (Å²) >= 11 is 0. The molecule has 102 valence electrons. The summed E-state index contributed by atoms with van der Waals surface area (Å²) in [6, 6.07) is 5.52. The Labute approximate surface area is 112 Å². The molecule has 0 aliphatic carbocycles. The van der Waals surface area contributed by atoms with Crippen LogP contribution in [0, 0.1) is 5.92 Å². The third-order valence-corrected chi connectivity index (χ3v) is 2.95. The van der Waals surface area contributed by atoms with Gasteiger partial charge in [-0.2, -0.15) is 0 Å². The second-order valence-electron chi connectivity index (χ2n) is 4.83. The van der Waals surface area contributed by atoms with Crippen molar-refractivity contribution < 1.29 is 4.74 Å². The van der Waals surface area contributed by atoms with E-state index in [4.69, 9.17) is 10.5 Å². The van der Waals surface area contributed by atoms with E-state index in [9.17, 15) is 0 Å². The molecular formula is C13H19N5O. The Hall–Kier alpha value is -2.11. The minimum atomic E-state index is 0.590. The van der Waals surface area contributed by atoms with Crippen LogP contribution in [0.5, 0.6) is 5.75 Å². The second-order valence-corrected chi connectivity index (χ2v) is 4.83. The number of aromatic nitrogens is 4. The van der Waals surface area contributed by atoms with Crippen molar-refractivity contribution in [1.82, 2.24) is 20.2 Å². The lowest BCUT2D eigenvalue weighted by atomic mass is 10.1. The number of nitrogen functional groups attached to an aromatic ring is 1. The van der Waals surface area contributed by atoms with Gasteiger partial charge in [0.05, 0.1) is 12.7 Å². The van der Waals surface area contributed by atoms with E-state index in [1.54, 1.807) is 11.8 Å². The maximum Gasteiger partial charge on any atom is 0.187 e. The van der Waals surface area contributed by atoms with Gasteiger partial charge in [-0.3, -0.25) is 0 Å². The summed E-state index contributed by atoms with van der Waals surface area (Å²) in [4.78, 5) is 0. The predicted octanol–water partition coefficient (Wildman–Crippen LogP) is 1.98. The van der Waals surface area contributed by atoms with Crippen molar-refractivity contribution in [3.63, 3.8) is 0 Å². The average molecular weight is 261 g/mol. The first-order valence-electron chi connectivity index (χ1n) is 6.32. The zero-order chi connectivity index (χ0) is 13.8. The van der Waals surface area contributed by atoms with E-state index in [1.807, 2.05) is 18.2 Å². The quantitative estimate of drug-likeness (QED) is 0.832. The van der Waals surface area contributed by atoms with E-state index in [-0.39, 0.29) is 0 Å². The molecule has 0 bridgehead atoms. The smallest absolute Gasteiger partial charge is 0.187 e. The number of benzene rings is 1. The van der Waals surface area contributed by atoms with Crippen LogP contribution in [-0.2, 0) is 6.54 Å². The molecule has 6 heteroatoms. The Bertz CT molecular complexity index is 550. The van der Waals surface area contributed by atoms with Gasteiger partial charge in [-0.15, -0.1) is 5.10 Å². The predicted molar refractivity (Wildman–Crippen MR) is 73.7 cm³/mol. The number of anilines is 1. The van der Waals surface area contributed by atoms with Crippen LogP contribution in [0.25, 0.3) is 11.4 Å². The first-order valence-corrected chi connectivity index (χ1v) is 6.32. The highest BCUT2D eigenvalue weighted by Gasteiger charge is 2.16. The summed E-state index contributed by atoms with van der Waals surface area (Å²) in [7, 11) is 1.61. The van der Waals surface area contributed by atoms with E-state index < -0.39 is 0 Å². The Morgan fingerprint density at radius 1 is 1.37 bits per heavy atom. The van der Waals surface area contributed by atoms with Gasteiger partial charge in [-0.25, -0.2) is 4.68 Å². The van der Waals surface area contributed by atoms with Crippen LogP contribution in [0.4, 0.5) is 5.69 Å². The van der Waals surface area contributed by atoms with Crippen molar-refractivity contribution in [3.8, 4) is 17.1 Å². The molecule has 0 saturated heterocycles. The summed E-state index contributed by atoms with van der Waals surface area (Å²) in [5.74, 6) is 1.92. The molecule has 6 nitrogen and oxygen atoms in total. The molecule has 2 aromatic rings. The topological polar surface area (TPSA) is 78.8 Å². The molecule has 0 aliphatic rings. The lowest BCUT2D eigenvalue weighted by Crippen LogP contribution is -2.07. The van der Waals surface area contributed by atoms with Crippen LogP contribution in [-0.4, -0.2) is 27.3 Å². The fourth-order valence-electron chi connectivity index (χ4n) is 1.87. The monoisotopic (exact) mass is 261 g/mol. The standard InChI is InChI=1S/C13H19N5O/c1-9(2)7-8-18-13(15-16-17-18)12-10(14)5-4-6-11(12)19-3/h4-6,9H,7-8,14H2,1-3H3. The van der Waals surface area contributed by atoms with Crippen molar-refractivity contribution in [2.45, 2.75) is 26.8 Å². The van der Waals surface area contributed by atoms with E-state index in [0.29, 0.717) is 23.2 Å². The van der Waals surface area contributed by atoms with Gasteiger partial charge in [0.1, 0.15) is 5.75 Å². The van der Waals surface area contributed by atoms with Gasteiger partial charge in [-0.05, 0) is 34.9 Å². The van der Waals surface area contributed by atoms with E-state index >= 15 is 0 Å². The lowest BCUT2D eigenvalue weighted by Gasteiger charge is -2.11. The van der Waals surface area contributed by atoms with Gasteiger partial charge in [0.2, 0.25) is 0 Å². The maximum atomic E-state index is 6.02. The van der Waals surface area contributed by atoms with Gasteiger partial charge in [0.15, 0.2) is 5.82 Å². The van der Waals surface area contributed by atoms with Crippen LogP contribution in [0.1, 0.15) is 20.3 Å². The number of tetrazole rings is 1. The Morgan fingerprint density at radius 2 is 2.16 bits per heavy atom. The van der Waals surface area contributed by atoms with E-state index in [1.165, 1.54) is 0 Å². The van der Waals surface area contributed by atoms with Crippen LogP contribution in [0.2, 0.25) is 0 Å². The maximum absolute atomic E-state index is 6.02. The number of aryl methyl sites for hydroxylation is 1. The van der Waals surface area contributed by atoms with Crippen LogP contribution in [0.3, 0.4) is 0 Å². The molecular weight excluding hydrogens is 242 g/mol. The summed E-state index contributed by atoms with van der Waals surface area (Å²) in [6.45, 7) is 5.10. The summed E-state index contributed by atoms with van der Waals surface area (Å²) in [5, 5.41) is 11.8. The van der Waals surface area contributed by atoms with Crippen molar-refractivity contribution in [3.05, 3.63) is 18.2 Å². The summed E-state index contributed by atoms with van der Waals surface area (Å²) < 4.78 is 7.11. The molecule has 2 N–H and O–H groups in total. The van der Waals surface area contributed by atoms with Crippen molar-refractivity contribution >= 4 is 5.69 Å². The first kappa shape index (κ1) is 13.3. The Balaban J connectivity index is 2.40. The van der Waals surface area contributed by atoms with Crippen molar-refractivity contribution in [1.29, 1.82) is 0 Å². The third kappa shape index (κ3) is 2.83. The second kappa shape index (κ2) is 5.69. The molecule has 1 heterocycles. The molecule has 2 rings (SSSR count). The number of hydrogen-bond donors (Lipinski definition) is 1. The highest BCUT2D eigenvalue weighted by atomic mass is 16.5. The largest absolute Gasteiger partial charge is 0.496 e. The van der Waals surface area contributed by atoms with Gasteiger partial charge in [-0.1, -0.05) is 19.9 Å². The van der Waals surface area contributed by atoms with Gasteiger partial charge < -0.3 is 10.5 Å². The normalized spacial score (nSPS) is 10.9. The van der Waals surface area contributed by atoms with Crippen LogP contribution >= 0.6 is 0 Å². The fraction of sp³-hybridized carbons (Fsp3) is 0.462. The third-order valence-electron chi connectivity index (χ3n) is 2.95. The molecule has 0 atom stereocenters. The molecule has 1 aromatic heterocycles. The number of nitrogens with zero attached hydrogens (tertiary/aromatic N) is 4. The molecule has 0 radical (unpaired) electrons. The minimum Gasteiger partial charge on any atom is -0.496 e. The Morgan fingerprint density at radius 3 is 2.84 bits per heavy atom. The van der Waals surface area contributed by atoms with Crippen molar-refractivity contribution in [2.24, 2.45) is 5.92 Å². The molecule has 19 heavy (non-hydrogen) atoms. The van der Waals surface area contributed by atoms with E-state index in [2.05, 4.69) is 29.4 Å². The molecule has 0 saturated carbocycles. The number of ether oxygens (including phenoxy) is 1. The summed E-state index contributed by atoms with van der Waals surface area (Å²) in [5.41, 5.74) is 7.38. The molecule has 0 spiro atoms. The molecule has 1 aromatic carbocycles. The highest BCUT2D eigenvalue weighted by molar-refractivity contribution is 5.77. The van der Waals surface area contributed by atoms with Gasteiger partial charge in [0.25, 0.3) is 0 Å². The molecule has 0 amide bonds. The van der Waals surface area contributed by atoms with Crippen LogP contribution < -0.4 is 10.5 Å². The van der Waals surface area contributed by atoms with Crippen LogP contribution in [0.15, 0.2) is 18.2 Å². The lowest BCUT2D eigenvalue weighted by molar-refractivity contribution is 0.415. The first-order chi connectivity index (χ1) is 9.13.